The highest BCUT2D eigenvalue weighted by Crippen LogP contribution is 2.50. The van der Waals surface area contributed by atoms with Crippen LogP contribution in [0.4, 0.5) is 5.69 Å². The molecule has 0 aliphatic carbocycles. The van der Waals surface area contributed by atoms with Gasteiger partial charge in [0.15, 0.2) is 0 Å². The highest BCUT2D eigenvalue weighted by Gasteiger charge is 2.38. The monoisotopic (exact) mass is 405 g/mol. The van der Waals surface area contributed by atoms with Crippen LogP contribution in [-0.4, -0.2) is 23.7 Å². The molecular weight excluding hydrogens is 382 g/mol. The first-order valence-corrected chi connectivity index (χ1v) is 9.54. The standard InChI is InChI=1S/C23H23N3O4/c1-23(2)12-30-20-16(17-11-25-22(28)26-21(17)27)10-14(19(29-3)18(20)23)7-4-13-5-8-15(24)9-6-13/h4-11H,12,24H2,1-3H3,(H2,25,26,27,28)/b7-4+. The Labute approximate surface area is 173 Å². The summed E-state index contributed by atoms with van der Waals surface area (Å²) in [6.07, 6.45) is 5.29. The van der Waals surface area contributed by atoms with Crippen LogP contribution in [0.25, 0.3) is 23.3 Å². The Kier molecular flexibility index (Phi) is 4.73. The molecule has 1 aromatic heterocycles. The number of methoxy groups -OCH3 is 1. The lowest BCUT2D eigenvalue weighted by Crippen LogP contribution is -2.22. The molecule has 2 aromatic carbocycles. The maximum atomic E-state index is 12.5. The van der Waals surface area contributed by atoms with E-state index in [0.29, 0.717) is 34.9 Å². The van der Waals surface area contributed by atoms with E-state index in [1.807, 2.05) is 42.5 Å². The summed E-state index contributed by atoms with van der Waals surface area (Å²) in [5.74, 6) is 1.29. The molecule has 0 atom stereocenters. The quantitative estimate of drug-likeness (QED) is 0.456. The van der Waals surface area contributed by atoms with E-state index in [0.717, 1.165) is 16.7 Å². The highest BCUT2D eigenvalue weighted by atomic mass is 16.5. The molecule has 4 rings (SSSR count). The van der Waals surface area contributed by atoms with Crippen molar-refractivity contribution >= 4 is 17.8 Å². The van der Waals surface area contributed by atoms with Gasteiger partial charge in [0.05, 0.1) is 19.3 Å². The minimum absolute atomic E-state index is 0.310. The van der Waals surface area contributed by atoms with Crippen LogP contribution >= 0.6 is 0 Å². The van der Waals surface area contributed by atoms with Gasteiger partial charge >= 0.3 is 5.69 Å². The predicted molar refractivity (Wildman–Crippen MR) is 118 cm³/mol. The van der Waals surface area contributed by atoms with Gasteiger partial charge in [0.2, 0.25) is 0 Å². The zero-order valence-electron chi connectivity index (χ0n) is 17.0. The third kappa shape index (κ3) is 3.39. The number of anilines is 1. The first kappa shape index (κ1) is 19.6. The Bertz CT molecular complexity index is 1250. The summed E-state index contributed by atoms with van der Waals surface area (Å²) in [6, 6.07) is 9.36. The Morgan fingerprint density at radius 2 is 1.87 bits per heavy atom. The van der Waals surface area contributed by atoms with Crippen molar-refractivity contribution in [3.05, 3.63) is 74.1 Å². The fourth-order valence-electron chi connectivity index (χ4n) is 3.70. The Morgan fingerprint density at radius 3 is 2.53 bits per heavy atom. The number of nitrogens with two attached hydrogens (primary N) is 1. The van der Waals surface area contributed by atoms with Crippen LogP contribution < -0.4 is 26.5 Å². The largest absolute Gasteiger partial charge is 0.496 e. The lowest BCUT2D eigenvalue weighted by molar-refractivity contribution is 0.290. The smallest absolute Gasteiger partial charge is 0.325 e. The summed E-state index contributed by atoms with van der Waals surface area (Å²) in [5.41, 5.74) is 8.71. The third-order valence-corrected chi connectivity index (χ3v) is 5.22. The van der Waals surface area contributed by atoms with Gasteiger partial charge in [0, 0.05) is 34.0 Å². The number of nitrogen functional groups attached to an aromatic ring is 1. The maximum Gasteiger partial charge on any atom is 0.325 e. The zero-order valence-corrected chi connectivity index (χ0v) is 17.0. The number of rotatable bonds is 4. The maximum absolute atomic E-state index is 12.5. The van der Waals surface area contributed by atoms with Crippen molar-refractivity contribution in [1.29, 1.82) is 0 Å². The Balaban J connectivity index is 1.95. The number of hydrogen-bond acceptors (Lipinski definition) is 5. The van der Waals surface area contributed by atoms with Crippen molar-refractivity contribution in [2.45, 2.75) is 19.3 Å². The summed E-state index contributed by atoms with van der Waals surface area (Å²) in [4.78, 5) is 28.8. The minimum atomic E-state index is -0.557. The van der Waals surface area contributed by atoms with Gasteiger partial charge in [-0.05, 0) is 23.8 Å². The predicted octanol–water partition coefficient (Wildman–Crippen LogP) is 3.16. The highest BCUT2D eigenvalue weighted by molar-refractivity contribution is 5.83. The third-order valence-electron chi connectivity index (χ3n) is 5.22. The molecule has 0 spiro atoms. The first-order valence-electron chi connectivity index (χ1n) is 9.54. The topological polar surface area (TPSA) is 110 Å². The number of aromatic amines is 2. The van der Waals surface area contributed by atoms with Crippen LogP contribution in [0.15, 0.2) is 46.1 Å². The number of benzene rings is 2. The van der Waals surface area contributed by atoms with E-state index in [1.165, 1.54) is 6.20 Å². The van der Waals surface area contributed by atoms with Gasteiger partial charge in [0.25, 0.3) is 5.56 Å². The van der Waals surface area contributed by atoms with E-state index in [1.54, 1.807) is 7.11 Å². The van der Waals surface area contributed by atoms with Crippen LogP contribution in [0.2, 0.25) is 0 Å². The van der Waals surface area contributed by atoms with Crippen LogP contribution in [0.5, 0.6) is 11.5 Å². The van der Waals surface area contributed by atoms with Crippen LogP contribution in [-0.2, 0) is 5.41 Å². The van der Waals surface area contributed by atoms with Crippen LogP contribution in [0, 0.1) is 0 Å². The molecule has 0 saturated carbocycles. The van der Waals surface area contributed by atoms with E-state index in [4.69, 9.17) is 15.2 Å². The number of hydrogen-bond donors (Lipinski definition) is 3. The van der Waals surface area contributed by atoms with E-state index in [-0.39, 0.29) is 5.41 Å². The molecule has 7 nitrogen and oxygen atoms in total. The van der Waals surface area contributed by atoms with Crippen molar-refractivity contribution in [2.75, 3.05) is 19.5 Å². The van der Waals surface area contributed by atoms with E-state index < -0.39 is 11.2 Å². The zero-order chi connectivity index (χ0) is 21.5. The number of aromatic nitrogens is 2. The van der Waals surface area contributed by atoms with Gasteiger partial charge in [0.1, 0.15) is 11.5 Å². The molecule has 1 aliphatic rings. The van der Waals surface area contributed by atoms with Gasteiger partial charge in [-0.3, -0.25) is 9.78 Å². The van der Waals surface area contributed by atoms with Crippen molar-refractivity contribution in [3.8, 4) is 22.6 Å². The molecule has 154 valence electrons. The molecule has 3 aromatic rings. The normalized spacial score (nSPS) is 14.5. The molecule has 30 heavy (non-hydrogen) atoms. The van der Waals surface area contributed by atoms with Gasteiger partial charge in [-0.1, -0.05) is 38.1 Å². The second-order valence-corrected chi connectivity index (χ2v) is 7.91. The summed E-state index contributed by atoms with van der Waals surface area (Å²) in [5, 5.41) is 0. The SMILES string of the molecule is COc1c(/C=C/c2ccc(N)cc2)cc(-c2c[nH]c(=O)[nH]c2=O)c2c1C(C)(C)CO2. The molecule has 1 aliphatic heterocycles. The lowest BCUT2D eigenvalue weighted by atomic mass is 9.83. The van der Waals surface area contributed by atoms with Crippen molar-refractivity contribution in [2.24, 2.45) is 0 Å². The molecule has 0 radical (unpaired) electrons. The van der Waals surface area contributed by atoms with E-state index in [9.17, 15) is 9.59 Å². The molecule has 0 bridgehead atoms. The average Bonchev–Trinajstić information content (AvgIpc) is 3.02. The first-order chi connectivity index (χ1) is 14.3. The Morgan fingerprint density at radius 1 is 1.13 bits per heavy atom. The summed E-state index contributed by atoms with van der Waals surface area (Å²) >= 11 is 0. The number of ether oxygens (including phenoxy) is 2. The second-order valence-electron chi connectivity index (χ2n) is 7.91. The molecule has 0 unspecified atom stereocenters. The van der Waals surface area contributed by atoms with Crippen molar-refractivity contribution in [1.82, 2.24) is 9.97 Å². The molecule has 0 fully saturated rings. The number of fused-ring (bicyclic) bond motifs is 1. The van der Waals surface area contributed by atoms with Gasteiger partial charge < -0.3 is 20.2 Å². The summed E-state index contributed by atoms with van der Waals surface area (Å²) in [6.45, 7) is 4.59. The average molecular weight is 405 g/mol. The molecule has 0 amide bonds. The fraction of sp³-hybridized carbons (Fsp3) is 0.217. The van der Waals surface area contributed by atoms with Crippen molar-refractivity contribution in [3.63, 3.8) is 0 Å². The molecule has 4 N–H and O–H groups in total. The van der Waals surface area contributed by atoms with E-state index >= 15 is 0 Å². The summed E-state index contributed by atoms with van der Waals surface area (Å²) < 4.78 is 11.8. The molecule has 7 heteroatoms. The molecular formula is C23H23N3O4. The Hall–Kier alpha value is -3.74. The van der Waals surface area contributed by atoms with Gasteiger partial charge in [-0.2, -0.15) is 0 Å². The van der Waals surface area contributed by atoms with Crippen molar-refractivity contribution < 1.29 is 9.47 Å². The van der Waals surface area contributed by atoms with Crippen LogP contribution in [0.3, 0.4) is 0 Å². The number of nitrogens with one attached hydrogen (secondary N) is 2. The van der Waals surface area contributed by atoms with Gasteiger partial charge in [-0.25, -0.2) is 4.79 Å². The summed E-state index contributed by atoms with van der Waals surface area (Å²) in [7, 11) is 1.62. The van der Waals surface area contributed by atoms with Crippen LogP contribution in [0.1, 0.15) is 30.5 Å². The fourth-order valence-corrected chi connectivity index (χ4v) is 3.70. The lowest BCUT2D eigenvalue weighted by Gasteiger charge is -2.21. The second kappa shape index (κ2) is 7.26. The minimum Gasteiger partial charge on any atom is -0.496 e. The molecule has 2 heterocycles. The van der Waals surface area contributed by atoms with E-state index in [2.05, 4.69) is 23.8 Å². The number of H-pyrrole nitrogens is 2. The van der Waals surface area contributed by atoms with Gasteiger partial charge in [-0.15, -0.1) is 0 Å². The molecule has 0 saturated heterocycles.